The van der Waals surface area contributed by atoms with E-state index < -0.39 is 0 Å². The molecule has 3 rings (SSSR count). The standard InChI is InChI=1S/C18H26FN3O2/c1-2-24-18(23)22-9-7-17(8-10-22)21-13-11-20(12-14-21)16-5-3-15(19)4-6-16/h3-6,17H,2,7-14H2,1H3. The molecule has 2 fully saturated rings. The number of anilines is 1. The van der Waals surface area contributed by atoms with Crippen LogP contribution >= 0.6 is 0 Å². The maximum Gasteiger partial charge on any atom is 0.409 e. The number of carbonyl (C=O) groups excluding carboxylic acids is 1. The minimum Gasteiger partial charge on any atom is -0.450 e. The predicted molar refractivity (Wildman–Crippen MR) is 91.8 cm³/mol. The summed E-state index contributed by atoms with van der Waals surface area (Å²) in [6, 6.07) is 7.29. The summed E-state index contributed by atoms with van der Waals surface area (Å²) in [6.07, 6.45) is 1.84. The Bertz CT molecular complexity index is 536. The first-order valence-corrected chi connectivity index (χ1v) is 8.83. The molecule has 1 amide bonds. The van der Waals surface area contributed by atoms with Crippen LogP contribution in [0.5, 0.6) is 0 Å². The van der Waals surface area contributed by atoms with Crippen LogP contribution in [0.3, 0.4) is 0 Å². The summed E-state index contributed by atoms with van der Waals surface area (Å²) in [6.45, 7) is 7.79. The van der Waals surface area contributed by atoms with Crippen molar-refractivity contribution in [2.75, 3.05) is 50.8 Å². The van der Waals surface area contributed by atoms with Crippen LogP contribution in [0.1, 0.15) is 19.8 Å². The molecule has 1 aromatic rings. The number of hydrogen-bond donors (Lipinski definition) is 0. The molecule has 24 heavy (non-hydrogen) atoms. The van der Waals surface area contributed by atoms with Crippen molar-refractivity contribution < 1.29 is 13.9 Å². The quantitative estimate of drug-likeness (QED) is 0.851. The van der Waals surface area contributed by atoms with Crippen LogP contribution in [-0.4, -0.2) is 67.8 Å². The van der Waals surface area contributed by atoms with E-state index in [-0.39, 0.29) is 11.9 Å². The zero-order valence-corrected chi connectivity index (χ0v) is 14.3. The molecule has 5 nitrogen and oxygen atoms in total. The zero-order valence-electron chi connectivity index (χ0n) is 14.3. The van der Waals surface area contributed by atoms with Gasteiger partial charge in [0.25, 0.3) is 0 Å². The van der Waals surface area contributed by atoms with Gasteiger partial charge in [0, 0.05) is 51.0 Å². The van der Waals surface area contributed by atoms with Crippen molar-refractivity contribution >= 4 is 11.8 Å². The fraction of sp³-hybridized carbons (Fsp3) is 0.611. The van der Waals surface area contributed by atoms with Gasteiger partial charge in [-0.3, -0.25) is 4.90 Å². The Balaban J connectivity index is 1.46. The highest BCUT2D eigenvalue weighted by Gasteiger charge is 2.29. The molecule has 0 spiro atoms. The molecule has 0 saturated carbocycles. The summed E-state index contributed by atoms with van der Waals surface area (Å²) in [5, 5.41) is 0. The number of rotatable bonds is 3. The molecule has 0 N–H and O–H groups in total. The van der Waals surface area contributed by atoms with Gasteiger partial charge >= 0.3 is 6.09 Å². The molecule has 1 aromatic carbocycles. The van der Waals surface area contributed by atoms with Crippen molar-refractivity contribution in [2.24, 2.45) is 0 Å². The Kier molecular flexibility index (Phi) is 5.56. The summed E-state index contributed by atoms with van der Waals surface area (Å²) in [5.74, 6) is -0.189. The van der Waals surface area contributed by atoms with Gasteiger partial charge in [-0.05, 0) is 44.0 Å². The number of carbonyl (C=O) groups is 1. The lowest BCUT2D eigenvalue weighted by Gasteiger charge is -2.43. The van der Waals surface area contributed by atoms with Gasteiger partial charge < -0.3 is 14.5 Å². The molecule has 0 aliphatic carbocycles. The van der Waals surface area contributed by atoms with Crippen LogP contribution in [0, 0.1) is 5.82 Å². The van der Waals surface area contributed by atoms with Gasteiger partial charge in [-0.2, -0.15) is 0 Å². The van der Waals surface area contributed by atoms with Gasteiger partial charge in [-0.15, -0.1) is 0 Å². The molecule has 0 aromatic heterocycles. The number of nitrogens with zero attached hydrogens (tertiary/aromatic N) is 3. The lowest BCUT2D eigenvalue weighted by Crippen LogP contribution is -2.53. The van der Waals surface area contributed by atoms with Gasteiger partial charge in [0.05, 0.1) is 6.61 Å². The third kappa shape index (κ3) is 3.98. The highest BCUT2D eigenvalue weighted by Crippen LogP contribution is 2.22. The first-order valence-electron chi connectivity index (χ1n) is 8.83. The van der Waals surface area contributed by atoms with Crippen molar-refractivity contribution in [1.82, 2.24) is 9.80 Å². The van der Waals surface area contributed by atoms with E-state index in [9.17, 15) is 9.18 Å². The Labute approximate surface area is 143 Å². The van der Waals surface area contributed by atoms with Crippen molar-refractivity contribution in [2.45, 2.75) is 25.8 Å². The number of amides is 1. The van der Waals surface area contributed by atoms with Crippen LogP contribution in [0.2, 0.25) is 0 Å². The molecular weight excluding hydrogens is 309 g/mol. The van der Waals surface area contributed by atoms with E-state index in [2.05, 4.69) is 9.80 Å². The van der Waals surface area contributed by atoms with Gasteiger partial charge in [-0.1, -0.05) is 0 Å². The SMILES string of the molecule is CCOC(=O)N1CCC(N2CCN(c3ccc(F)cc3)CC2)CC1. The molecule has 0 bridgehead atoms. The molecule has 2 aliphatic heterocycles. The van der Waals surface area contributed by atoms with E-state index in [0.717, 1.165) is 57.8 Å². The smallest absolute Gasteiger partial charge is 0.409 e. The molecule has 6 heteroatoms. The number of halogens is 1. The maximum atomic E-state index is 13.0. The van der Waals surface area contributed by atoms with E-state index in [4.69, 9.17) is 4.74 Å². The fourth-order valence-electron chi connectivity index (χ4n) is 3.63. The molecule has 0 atom stereocenters. The minimum absolute atomic E-state index is 0.183. The summed E-state index contributed by atoms with van der Waals surface area (Å²) in [4.78, 5) is 18.4. The van der Waals surface area contributed by atoms with Gasteiger partial charge in [0.1, 0.15) is 5.82 Å². The lowest BCUT2D eigenvalue weighted by molar-refractivity contribution is 0.0729. The second-order valence-electron chi connectivity index (χ2n) is 6.42. The maximum absolute atomic E-state index is 13.0. The fourth-order valence-corrected chi connectivity index (χ4v) is 3.63. The van der Waals surface area contributed by atoms with Gasteiger partial charge in [-0.25, -0.2) is 9.18 Å². The zero-order chi connectivity index (χ0) is 16.9. The molecule has 0 radical (unpaired) electrons. The highest BCUT2D eigenvalue weighted by atomic mass is 19.1. The van der Waals surface area contributed by atoms with E-state index in [0.29, 0.717) is 12.6 Å². The third-order valence-electron chi connectivity index (χ3n) is 5.01. The molecule has 2 saturated heterocycles. The predicted octanol–water partition coefficient (Wildman–Crippen LogP) is 2.57. The lowest BCUT2D eigenvalue weighted by atomic mass is 10.0. The Hall–Kier alpha value is -1.82. The normalized spacial score (nSPS) is 20.2. The number of likely N-dealkylation sites (tertiary alicyclic amines) is 1. The summed E-state index contributed by atoms with van der Waals surface area (Å²) in [5.41, 5.74) is 1.09. The number of piperazine rings is 1. The average Bonchev–Trinajstić information content (AvgIpc) is 2.63. The van der Waals surface area contributed by atoms with Crippen LogP contribution < -0.4 is 4.90 Å². The summed E-state index contributed by atoms with van der Waals surface area (Å²) >= 11 is 0. The second kappa shape index (κ2) is 7.83. The summed E-state index contributed by atoms with van der Waals surface area (Å²) < 4.78 is 18.1. The Morgan fingerprint density at radius 3 is 2.29 bits per heavy atom. The molecular formula is C18H26FN3O2. The summed E-state index contributed by atoms with van der Waals surface area (Å²) in [7, 11) is 0. The van der Waals surface area contributed by atoms with Gasteiger partial charge in [0.2, 0.25) is 0 Å². The molecule has 2 heterocycles. The largest absolute Gasteiger partial charge is 0.450 e. The van der Waals surface area contributed by atoms with Gasteiger partial charge in [0.15, 0.2) is 0 Å². The van der Waals surface area contributed by atoms with Crippen molar-refractivity contribution in [3.63, 3.8) is 0 Å². The highest BCUT2D eigenvalue weighted by molar-refractivity contribution is 5.67. The number of benzene rings is 1. The Morgan fingerprint density at radius 2 is 1.71 bits per heavy atom. The monoisotopic (exact) mass is 335 g/mol. The van der Waals surface area contributed by atoms with Crippen molar-refractivity contribution in [3.8, 4) is 0 Å². The van der Waals surface area contributed by atoms with Crippen LogP contribution in [0.4, 0.5) is 14.9 Å². The topological polar surface area (TPSA) is 36.0 Å². The van der Waals surface area contributed by atoms with Crippen LogP contribution in [0.25, 0.3) is 0 Å². The van der Waals surface area contributed by atoms with E-state index >= 15 is 0 Å². The van der Waals surface area contributed by atoms with E-state index in [1.807, 2.05) is 24.0 Å². The number of piperidine rings is 1. The van der Waals surface area contributed by atoms with E-state index in [1.54, 1.807) is 0 Å². The number of hydrogen-bond acceptors (Lipinski definition) is 4. The van der Waals surface area contributed by atoms with Crippen LogP contribution in [-0.2, 0) is 4.74 Å². The first kappa shape index (κ1) is 17.0. The van der Waals surface area contributed by atoms with Crippen molar-refractivity contribution in [1.29, 1.82) is 0 Å². The molecule has 2 aliphatic rings. The third-order valence-corrected chi connectivity index (χ3v) is 5.01. The Morgan fingerprint density at radius 1 is 1.08 bits per heavy atom. The first-order chi connectivity index (χ1) is 11.7. The molecule has 132 valence electrons. The average molecular weight is 335 g/mol. The van der Waals surface area contributed by atoms with E-state index in [1.165, 1.54) is 12.1 Å². The second-order valence-corrected chi connectivity index (χ2v) is 6.42. The van der Waals surface area contributed by atoms with Crippen molar-refractivity contribution in [3.05, 3.63) is 30.1 Å². The number of ether oxygens (including phenoxy) is 1. The molecule has 0 unspecified atom stereocenters. The minimum atomic E-state index is -0.189. The van der Waals surface area contributed by atoms with Crippen LogP contribution in [0.15, 0.2) is 24.3 Å².